The highest BCUT2D eigenvalue weighted by Crippen LogP contribution is 2.33. The van der Waals surface area contributed by atoms with Gasteiger partial charge in [0.15, 0.2) is 11.5 Å². The number of hydrogen-bond donors (Lipinski definition) is 0. The Morgan fingerprint density at radius 1 is 0.800 bits per heavy atom. The third-order valence-electron chi connectivity index (χ3n) is 6.63. The number of aryl methyl sites for hydroxylation is 1. The Hall–Kier alpha value is -1.32. The predicted octanol–water partition coefficient (Wildman–Crippen LogP) is 8.34. The summed E-state index contributed by atoms with van der Waals surface area (Å²) >= 11 is 0. The van der Waals surface area contributed by atoms with Gasteiger partial charge in [0.1, 0.15) is 0 Å². The second-order valence-electron chi connectivity index (χ2n) is 9.52. The molecule has 2 nitrogen and oxygen atoms in total. The minimum absolute atomic E-state index is 0.0116. The summed E-state index contributed by atoms with van der Waals surface area (Å²) in [5.41, 5.74) is 0.556. The van der Waals surface area contributed by atoms with E-state index < -0.39 is 11.6 Å². The zero-order valence-electron chi connectivity index (χ0n) is 20.5. The molecule has 0 aromatic heterocycles. The monoisotopic (exact) mass is 426 g/mol. The first-order chi connectivity index (χ1) is 14.1. The Morgan fingerprint density at radius 2 is 1.37 bits per heavy atom. The lowest BCUT2D eigenvalue weighted by Crippen LogP contribution is -2.15. The first-order valence-corrected chi connectivity index (χ1v) is 11.9. The van der Waals surface area contributed by atoms with Gasteiger partial charge in [0.2, 0.25) is 11.6 Å². The number of benzene rings is 1. The zero-order chi connectivity index (χ0) is 22.8. The Balaban J connectivity index is 2.55. The molecule has 0 aliphatic heterocycles. The Labute approximate surface area is 183 Å². The van der Waals surface area contributed by atoms with Crippen LogP contribution in [0.15, 0.2) is 6.07 Å². The van der Waals surface area contributed by atoms with E-state index in [9.17, 15) is 8.78 Å². The van der Waals surface area contributed by atoms with Crippen molar-refractivity contribution < 1.29 is 18.3 Å². The van der Waals surface area contributed by atoms with Crippen molar-refractivity contribution in [1.29, 1.82) is 0 Å². The predicted molar refractivity (Wildman–Crippen MR) is 122 cm³/mol. The smallest absolute Gasteiger partial charge is 0.204 e. The van der Waals surface area contributed by atoms with Gasteiger partial charge < -0.3 is 9.47 Å². The molecular weight excluding hydrogens is 382 g/mol. The van der Waals surface area contributed by atoms with Crippen LogP contribution in [0.1, 0.15) is 92.6 Å². The highest BCUT2D eigenvalue weighted by Gasteiger charge is 2.21. The van der Waals surface area contributed by atoms with E-state index in [1.165, 1.54) is 19.3 Å². The van der Waals surface area contributed by atoms with Crippen molar-refractivity contribution in [1.82, 2.24) is 0 Å². The number of ether oxygens (including phenoxy) is 2. The van der Waals surface area contributed by atoms with E-state index in [0.717, 1.165) is 25.2 Å². The molecule has 1 rings (SSSR count). The Morgan fingerprint density at radius 3 is 1.90 bits per heavy atom. The summed E-state index contributed by atoms with van der Waals surface area (Å²) < 4.78 is 40.1. The van der Waals surface area contributed by atoms with Gasteiger partial charge in [0.05, 0.1) is 12.7 Å². The maximum atomic E-state index is 14.5. The number of hydrogen-bond acceptors (Lipinski definition) is 2. The van der Waals surface area contributed by atoms with Gasteiger partial charge in [-0.2, -0.15) is 8.78 Å². The molecule has 1 aromatic rings. The lowest BCUT2D eigenvalue weighted by molar-refractivity contribution is 0.197. The molecular formula is C26H44F2O2. The summed E-state index contributed by atoms with van der Waals surface area (Å²) in [5, 5.41) is 0. The third-order valence-corrected chi connectivity index (χ3v) is 6.63. The molecule has 0 radical (unpaired) electrons. The molecule has 0 saturated carbocycles. The van der Waals surface area contributed by atoms with Crippen LogP contribution in [0.5, 0.6) is 11.5 Å². The van der Waals surface area contributed by atoms with E-state index in [0.29, 0.717) is 24.0 Å². The Kier molecular flexibility index (Phi) is 11.7. The summed E-state index contributed by atoms with van der Waals surface area (Å²) in [5.74, 6) is 0.496. The first-order valence-electron chi connectivity index (χ1n) is 11.9. The van der Waals surface area contributed by atoms with E-state index in [2.05, 4.69) is 34.6 Å². The minimum atomic E-state index is -0.960. The van der Waals surface area contributed by atoms with E-state index >= 15 is 0 Å². The normalized spacial score (nSPS) is 16.6. The quantitative estimate of drug-likeness (QED) is 0.297. The van der Waals surface area contributed by atoms with E-state index in [1.807, 2.05) is 13.8 Å². The maximum Gasteiger partial charge on any atom is 0.204 e. The van der Waals surface area contributed by atoms with Crippen LogP contribution in [0.25, 0.3) is 0 Å². The van der Waals surface area contributed by atoms with Crippen molar-refractivity contribution in [3.8, 4) is 11.5 Å². The van der Waals surface area contributed by atoms with Gasteiger partial charge in [0.25, 0.3) is 0 Å². The van der Waals surface area contributed by atoms with Crippen molar-refractivity contribution in [2.45, 2.75) is 100 Å². The number of rotatable bonds is 14. The molecule has 4 heteroatoms. The van der Waals surface area contributed by atoms with Gasteiger partial charge in [-0.3, -0.25) is 0 Å². The molecule has 0 saturated heterocycles. The van der Waals surface area contributed by atoms with Crippen molar-refractivity contribution in [2.24, 2.45) is 23.7 Å². The largest absolute Gasteiger partial charge is 0.490 e. The molecule has 0 amide bonds. The molecule has 0 aliphatic carbocycles. The van der Waals surface area contributed by atoms with Crippen LogP contribution < -0.4 is 9.47 Å². The maximum absolute atomic E-state index is 14.5. The highest BCUT2D eigenvalue weighted by atomic mass is 19.2. The van der Waals surface area contributed by atoms with Crippen LogP contribution in [0.4, 0.5) is 8.78 Å². The standard InChI is InChI=1S/C26H44F2O2/c1-9-17(3)11-13-19(5)20(6)14-12-18(4)16-29-23-15-21(7)26(25(28)24(23)27)30-22(8)10-2/h15,17-20,22H,9-14,16H2,1-8H3. The average molecular weight is 427 g/mol. The van der Waals surface area contributed by atoms with Gasteiger partial charge in [-0.1, -0.05) is 67.2 Å². The van der Waals surface area contributed by atoms with Crippen LogP contribution in [-0.4, -0.2) is 12.7 Å². The zero-order valence-corrected chi connectivity index (χ0v) is 20.5. The number of halogens is 2. The first kappa shape index (κ1) is 26.7. The second kappa shape index (κ2) is 13.2. The molecule has 1 aromatic carbocycles. The fourth-order valence-electron chi connectivity index (χ4n) is 3.42. The Bertz CT molecular complexity index is 632. The van der Waals surface area contributed by atoms with Gasteiger partial charge in [-0.25, -0.2) is 0 Å². The molecule has 0 heterocycles. The highest BCUT2D eigenvalue weighted by molar-refractivity contribution is 5.42. The van der Waals surface area contributed by atoms with E-state index in [4.69, 9.17) is 9.47 Å². The van der Waals surface area contributed by atoms with Crippen molar-refractivity contribution >= 4 is 0 Å². The lowest BCUT2D eigenvalue weighted by Gasteiger charge is -2.23. The van der Waals surface area contributed by atoms with E-state index in [-0.39, 0.29) is 23.5 Å². The summed E-state index contributed by atoms with van der Waals surface area (Å²) in [4.78, 5) is 0. The van der Waals surface area contributed by atoms with Crippen molar-refractivity contribution in [3.63, 3.8) is 0 Å². The topological polar surface area (TPSA) is 18.5 Å². The van der Waals surface area contributed by atoms with Crippen LogP contribution in [-0.2, 0) is 0 Å². The average Bonchev–Trinajstić information content (AvgIpc) is 2.73. The van der Waals surface area contributed by atoms with Crippen LogP contribution in [0.2, 0.25) is 0 Å². The van der Waals surface area contributed by atoms with Gasteiger partial charge >= 0.3 is 0 Å². The third kappa shape index (κ3) is 8.43. The van der Waals surface area contributed by atoms with Crippen LogP contribution >= 0.6 is 0 Å². The summed E-state index contributed by atoms with van der Waals surface area (Å²) in [6, 6.07) is 1.54. The van der Waals surface area contributed by atoms with Crippen molar-refractivity contribution in [3.05, 3.63) is 23.3 Å². The van der Waals surface area contributed by atoms with Crippen LogP contribution in [0.3, 0.4) is 0 Å². The van der Waals surface area contributed by atoms with Crippen LogP contribution in [0, 0.1) is 42.2 Å². The molecule has 5 unspecified atom stereocenters. The fourth-order valence-corrected chi connectivity index (χ4v) is 3.42. The lowest BCUT2D eigenvalue weighted by atomic mass is 9.84. The molecule has 0 fully saturated rings. The molecule has 0 spiro atoms. The summed E-state index contributed by atoms with van der Waals surface area (Å²) in [6.07, 6.45) is 6.52. The molecule has 5 atom stereocenters. The van der Waals surface area contributed by atoms with Crippen molar-refractivity contribution in [2.75, 3.05) is 6.61 Å². The molecule has 30 heavy (non-hydrogen) atoms. The van der Waals surface area contributed by atoms with E-state index in [1.54, 1.807) is 13.0 Å². The summed E-state index contributed by atoms with van der Waals surface area (Å²) in [7, 11) is 0. The van der Waals surface area contributed by atoms with Gasteiger partial charge in [-0.05, 0) is 62.0 Å². The summed E-state index contributed by atoms with van der Waals surface area (Å²) in [6.45, 7) is 17.2. The fraction of sp³-hybridized carbons (Fsp3) is 0.769. The SMILES string of the molecule is CCC(C)CCC(C)C(C)CCC(C)COc1cc(C)c(OC(C)CC)c(F)c1F. The second-order valence-corrected chi connectivity index (χ2v) is 9.52. The molecule has 0 bridgehead atoms. The van der Waals surface area contributed by atoms with Gasteiger partial charge in [-0.15, -0.1) is 0 Å². The molecule has 0 aliphatic rings. The van der Waals surface area contributed by atoms with Gasteiger partial charge in [0, 0.05) is 0 Å². The minimum Gasteiger partial charge on any atom is -0.490 e. The molecule has 174 valence electrons. The molecule has 0 N–H and O–H groups in total.